The van der Waals surface area contributed by atoms with Crippen LogP contribution in [-0.2, 0) is 0 Å². The van der Waals surface area contributed by atoms with Gasteiger partial charge in [0.1, 0.15) is 5.58 Å². The van der Waals surface area contributed by atoms with Crippen LogP contribution < -0.4 is 9.80 Å². The van der Waals surface area contributed by atoms with Gasteiger partial charge in [-0.05, 0) is 99.1 Å². The SMILES string of the molecule is c1ccc(-c2cccc(N(c3cccc(-c4ccccc4)c3)c3c4ccccc4c(N(c4cccc(-c5ccccc5)c4)c4cccc(-c5ccccc5)c4)c4c3oc3ccccc34)c2)cc1. The Hall–Kier alpha value is -8.92. The second-order valence-corrected chi connectivity index (χ2v) is 16.9. The number of anilines is 6. The highest BCUT2D eigenvalue weighted by atomic mass is 16.3. The average molecular weight is 857 g/mol. The van der Waals surface area contributed by atoms with Crippen LogP contribution in [0.25, 0.3) is 77.2 Å². The van der Waals surface area contributed by atoms with Crippen molar-refractivity contribution in [3.8, 4) is 44.5 Å². The number of hydrogen-bond donors (Lipinski definition) is 0. The van der Waals surface area contributed by atoms with Gasteiger partial charge in [-0.2, -0.15) is 0 Å². The van der Waals surface area contributed by atoms with Crippen LogP contribution in [0.1, 0.15) is 0 Å². The highest BCUT2D eigenvalue weighted by Crippen LogP contribution is 2.54. The minimum atomic E-state index is 0.800. The Morgan fingerprint density at radius 2 is 0.537 bits per heavy atom. The zero-order chi connectivity index (χ0) is 44.5. The molecule has 0 saturated heterocycles. The van der Waals surface area contributed by atoms with Crippen LogP contribution in [0.3, 0.4) is 0 Å². The lowest BCUT2D eigenvalue weighted by Crippen LogP contribution is -2.14. The molecule has 0 aliphatic rings. The predicted molar refractivity (Wildman–Crippen MR) is 282 cm³/mol. The minimum absolute atomic E-state index is 0.800. The molecule has 0 fully saturated rings. The lowest BCUT2D eigenvalue weighted by atomic mass is 9.96. The van der Waals surface area contributed by atoms with E-state index in [0.29, 0.717) is 0 Å². The van der Waals surface area contributed by atoms with Crippen LogP contribution in [0, 0.1) is 0 Å². The summed E-state index contributed by atoms with van der Waals surface area (Å²) < 4.78 is 7.33. The summed E-state index contributed by atoms with van der Waals surface area (Å²) in [6, 6.07) is 95.5. The van der Waals surface area contributed by atoms with E-state index >= 15 is 0 Å². The topological polar surface area (TPSA) is 19.6 Å². The second kappa shape index (κ2) is 17.2. The maximum atomic E-state index is 7.33. The quantitative estimate of drug-likeness (QED) is 0.128. The summed E-state index contributed by atoms with van der Waals surface area (Å²) in [4.78, 5) is 4.86. The molecule has 0 amide bonds. The summed E-state index contributed by atoms with van der Waals surface area (Å²) in [5.74, 6) is 0. The van der Waals surface area contributed by atoms with E-state index in [4.69, 9.17) is 4.42 Å². The Bertz CT molecular complexity index is 3530. The smallest absolute Gasteiger partial charge is 0.162 e. The molecule has 12 aromatic rings. The second-order valence-electron chi connectivity index (χ2n) is 16.9. The Labute approximate surface area is 390 Å². The van der Waals surface area contributed by atoms with Crippen molar-refractivity contribution in [1.29, 1.82) is 0 Å². The fraction of sp³-hybridized carbons (Fsp3) is 0. The van der Waals surface area contributed by atoms with Gasteiger partial charge in [-0.25, -0.2) is 0 Å². The Morgan fingerprint density at radius 3 is 0.925 bits per heavy atom. The van der Waals surface area contributed by atoms with Crippen molar-refractivity contribution in [3.05, 3.63) is 267 Å². The van der Waals surface area contributed by atoms with Crippen LogP contribution in [0.5, 0.6) is 0 Å². The molecule has 3 nitrogen and oxygen atoms in total. The van der Waals surface area contributed by atoms with Crippen molar-refractivity contribution in [2.45, 2.75) is 0 Å². The maximum Gasteiger partial charge on any atom is 0.162 e. The molecule has 0 saturated carbocycles. The van der Waals surface area contributed by atoms with E-state index in [1.165, 1.54) is 0 Å². The van der Waals surface area contributed by atoms with Gasteiger partial charge in [0, 0.05) is 38.9 Å². The Kier molecular flexibility index (Phi) is 10.2. The average Bonchev–Trinajstić information content (AvgIpc) is 3.80. The third kappa shape index (κ3) is 7.39. The molecule has 0 bridgehead atoms. The molecule has 0 N–H and O–H groups in total. The molecule has 11 aromatic carbocycles. The van der Waals surface area contributed by atoms with E-state index in [0.717, 1.165) is 111 Å². The first kappa shape index (κ1) is 39.7. The summed E-state index contributed by atoms with van der Waals surface area (Å²) in [6.07, 6.45) is 0. The third-order valence-electron chi connectivity index (χ3n) is 12.8. The van der Waals surface area contributed by atoms with Gasteiger partial charge in [-0.3, -0.25) is 0 Å². The number of benzene rings is 11. The molecule has 316 valence electrons. The van der Waals surface area contributed by atoms with Crippen molar-refractivity contribution in [3.63, 3.8) is 0 Å². The van der Waals surface area contributed by atoms with Crippen molar-refractivity contribution >= 4 is 66.8 Å². The Morgan fingerprint density at radius 1 is 0.239 bits per heavy atom. The molecule has 12 rings (SSSR count). The highest BCUT2D eigenvalue weighted by molar-refractivity contribution is 6.28. The molecular weight excluding hydrogens is 813 g/mol. The van der Waals surface area contributed by atoms with Crippen LogP contribution >= 0.6 is 0 Å². The maximum absolute atomic E-state index is 7.33. The van der Waals surface area contributed by atoms with E-state index in [2.05, 4.69) is 277 Å². The minimum Gasteiger partial charge on any atom is -0.454 e. The van der Waals surface area contributed by atoms with Gasteiger partial charge in [0.2, 0.25) is 0 Å². The lowest BCUT2D eigenvalue weighted by Gasteiger charge is -2.32. The predicted octanol–water partition coefficient (Wildman–Crippen LogP) is 18.3. The standard InChI is InChI=1S/C64H44N2O/c1-5-21-45(22-6-1)49-29-17-33-53(41-49)65(54-34-18-30-50(42-54)46-23-7-2-8-24-46)62-57-37-13-14-38-58(57)63(64-61(62)59-39-15-16-40-60(59)67-64)66(55-35-19-31-51(43-55)47-25-9-3-10-26-47)56-36-20-32-52(44-56)48-27-11-4-12-28-48/h1-44H. The zero-order valence-corrected chi connectivity index (χ0v) is 36.7. The van der Waals surface area contributed by atoms with Gasteiger partial charge in [-0.15, -0.1) is 0 Å². The van der Waals surface area contributed by atoms with Gasteiger partial charge >= 0.3 is 0 Å². The molecule has 0 aliphatic heterocycles. The van der Waals surface area contributed by atoms with E-state index in [1.54, 1.807) is 0 Å². The van der Waals surface area contributed by atoms with Crippen molar-refractivity contribution in [2.24, 2.45) is 0 Å². The molecule has 0 spiro atoms. The van der Waals surface area contributed by atoms with E-state index in [1.807, 2.05) is 0 Å². The van der Waals surface area contributed by atoms with E-state index in [-0.39, 0.29) is 0 Å². The molecular formula is C64H44N2O. The fourth-order valence-electron chi connectivity index (χ4n) is 9.69. The van der Waals surface area contributed by atoms with Gasteiger partial charge < -0.3 is 14.2 Å². The van der Waals surface area contributed by atoms with Crippen molar-refractivity contribution in [1.82, 2.24) is 0 Å². The summed E-state index contributed by atoms with van der Waals surface area (Å²) in [6.45, 7) is 0. The van der Waals surface area contributed by atoms with Gasteiger partial charge in [0.05, 0.1) is 16.8 Å². The highest BCUT2D eigenvalue weighted by Gasteiger charge is 2.30. The molecule has 3 heteroatoms. The van der Waals surface area contributed by atoms with Gasteiger partial charge in [-0.1, -0.05) is 212 Å². The number of fused-ring (bicyclic) bond motifs is 4. The zero-order valence-electron chi connectivity index (χ0n) is 36.7. The first-order valence-electron chi connectivity index (χ1n) is 22.8. The van der Waals surface area contributed by atoms with Crippen LogP contribution in [-0.4, -0.2) is 0 Å². The number of para-hydroxylation sites is 1. The first-order valence-corrected chi connectivity index (χ1v) is 22.8. The summed E-state index contributed by atoms with van der Waals surface area (Å²) >= 11 is 0. The fourth-order valence-corrected chi connectivity index (χ4v) is 9.69. The first-order chi connectivity index (χ1) is 33.2. The molecule has 67 heavy (non-hydrogen) atoms. The number of furan rings is 1. The van der Waals surface area contributed by atoms with Crippen molar-refractivity contribution in [2.75, 3.05) is 9.80 Å². The lowest BCUT2D eigenvalue weighted by molar-refractivity contribution is 0.669. The monoisotopic (exact) mass is 856 g/mol. The molecule has 0 radical (unpaired) electrons. The third-order valence-corrected chi connectivity index (χ3v) is 12.8. The number of hydrogen-bond acceptors (Lipinski definition) is 3. The Balaban J connectivity index is 1.19. The molecule has 1 aromatic heterocycles. The number of nitrogens with zero attached hydrogens (tertiary/aromatic N) is 2. The molecule has 0 atom stereocenters. The van der Waals surface area contributed by atoms with Crippen LogP contribution in [0.2, 0.25) is 0 Å². The molecule has 0 unspecified atom stereocenters. The molecule has 0 aliphatic carbocycles. The van der Waals surface area contributed by atoms with Crippen LogP contribution in [0.4, 0.5) is 34.1 Å². The largest absolute Gasteiger partial charge is 0.454 e. The normalized spacial score (nSPS) is 11.3. The summed E-state index contributed by atoms with van der Waals surface area (Å²) in [7, 11) is 0. The van der Waals surface area contributed by atoms with E-state index < -0.39 is 0 Å². The summed E-state index contributed by atoms with van der Waals surface area (Å²) in [5, 5.41) is 4.22. The van der Waals surface area contributed by atoms with Gasteiger partial charge in [0.25, 0.3) is 0 Å². The number of rotatable bonds is 10. The van der Waals surface area contributed by atoms with Gasteiger partial charge in [0.15, 0.2) is 5.58 Å². The summed E-state index contributed by atoms with van der Waals surface area (Å²) in [5.41, 5.74) is 16.9. The van der Waals surface area contributed by atoms with E-state index in [9.17, 15) is 0 Å². The van der Waals surface area contributed by atoms with Crippen LogP contribution in [0.15, 0.2) is 271 Å². The molecule has 1 heterocycles. The van der Waals surface area contributed by atoms with Crippen molar-refractivity contribution < 1.29 is 4.42 Å².